The molecule has 0 saturated carbocycles. The van der Waals surface area contributed by atoms with Crippen molar-refractivity contribution in [1.29, 1.82) is 0 Å². The number of carbonyl (C=O) groups excluding carboxylic acids is 1. The van der Waals surface area contributed by atoms with Crippen LogP contribution in [0, 0.1) is 0 Å². The number of aliphatic hydroxyl groups excluding tert-OH is 1. The van der Waals surface area contributed by atoms with E-state index in [0.29, 0.717) is 6.42 Å². The Morgan fingerprint density at radius 2 is 1.94 bits per heavy atom. The minimum atomic E-state index is -0.194. The first kappa shape index (κ1) is 14.5. The van der Waals surface area contributed by atoms with E-state index in [2.05, 4.69) is 5.32 Å². The SMILES string of the molecule is COc1ccc(C(C)CC(=O)NC(C)CO)cc1. The van der Waals surface area contributed by atoms with Crippen molar-refractivity contribution in [2.75, 3.05) is 13.7 Å². The van der Waals surface area contributed by atoms with Crippen LogP contribution in [-0.4, -0.2) is 30.8 Å². The van der Waals surface area contributed by atoms with Gasteiger partial charge < -0.3 is 15.2 Å². The molecule has 0 spiro atoms. The predicted molar refractivity (Wildman–Crippen MR) is 70.7 cm³/mol. The third-order valence-corrected chi connectivity index (χ3v) is 2.86. The molecule has 100 valence electrons. The average Bonchev–Trinajstić information content (AvgIpc) is 2.38. The van der Waals surface area contributed by atoms with Gasteiger partial charge in [0.1, 0.15) is 5.75 Å². The Hall–Kier alpha value is -1.55. The zero-order valence-corrected chi connectivity index (χ0v) is 11.1. The van der Waals surface area contributed by atoms with E-state index < -0.39 is 0 Å². The standard InChI is InChI=1S/C14H21NO3/c1-10(8-14(17)15-11(2)9-16)12-4-6-13(18-3)7-5-12/h4-7,10-11,16H,8-9H2,1-3H3,(H,15,17). The van der Waals surface area contributed by atoms with Crippen LogP contribution < -0.4 is 10.1 Å². The van der Waals surface area contributed by atoms with Crippen LogP contribution in [0.4, 0.5) is 0 Å². The second-order valence-electron chi connectivity index (χ2n) is 4.53. The van der Waals surface area contributed by atoms with Crippen molar-refractivity contribution in [2.45, 2.75) is 32.2 Å². The summed E-state index contributed by atoms with van der Waals surface area (Å²) in [4.78, 5) is 11.7. The van der Waals surface area contributed by atoms with Gasteiger partial charge in [0, 0.05) is 12.5 Å². The van der Waals surface area contributed by atoms with Crippen molar-refractivity contribution >= 4 is 5.91 Å². The Kier molecular flexibility index (Phi) is 5.65. The highest BCUT2D eigenvalue weighted by molar-refractivity contribution is 5.77. The fraction of sp³-hybridized carbons (Fsp3) is 0.500. The molecule has 0 aliphatic rings. The molecule has 0 aliphatic heterocycles. The minimum Gasteiger partial charge on any atom is -0.497 e. The number of nitrogens with one attached hydrogen (secondary N) is 1. The minimum absolute atomic E-state index is 0.0390. The summed E-state index contributed by atoms with van der Waals surface area (Å²) in [6.45, 7) is 3.74. The fourth-order valence-electron chi connectivity index (χ4n) is 1.71. The molecule has 18 heavy (non-hydrogen) atoms. The normalized spacial score (nSPS) is 13.8. The highest BCUT2D eigenvalue weighted by Gasteiger charge is 2.12. The van der Waals surface area contributed by atoms with Crippen LogP contribution in [0.15, 0.2) is 24.3 Å². The van der Waals surface area contributed by atoms with Crippen molar-refractivity contribution in [3.05, 3.63) is 29.8 Å². The maximum Gasteiger partial charge on any atom is 0.220 e. The summed E-state index contributed by atoms with van der Waals surface area (Å²) in [5.41, 5.74) is 1.10. The number of hydrogen-bond donors (Lipinski definition) is 2. The number of methoxy groups -OCH3 is 1. The van der Waals surface area contributed by atoms with E-state index in [1.807, 2.05) is 31.2 Å². The van der Waals surface area contributed by atoms with Crippen LogP contribution in [0.5, 0.6) is 5.75 Å². The second-order valence-corrected chi connectivity index (χ2v) is 4.53. The molecule has 2 atom stereocenters. The smallest absolute Gasteiger partial charge is 0.220 e. The molecular formula is C14H21NO3. The zero-order valence-electron chi connectivity index (χ0n) is 11.1. The summed E-state index contributed by atoms with van der Waals surface area (Å²) >= 11 is 0. The van der Waals surface area contributed by atoms with Gasteiger partial charge in [0.05, 0.1) is 13.7 Å². The lowest BCUT2D eigenvalue weighted by atomic mass is 9.97. The van der Waals surface area contributed by atoms with Crippen molar-refractivity contribution in [3.63, 3.8) is 0 Å². The largest absolute Gasteiger partial charge is 0.497 e. The fourth-order valence-corrected chi connectivity index (χ4v) is 1.71. The van der Waals surface area contributed by atoms with Crippen LogP contribution in [0.1, 0.15) is 31.7 Å². The molecule has 0 aliphatic carbocycles. The summed E-state index contributed by atoms with van der Waals surface area (Å²) in [5, 5.41) is 11.6. The Labute approximate surface area is 108 Å². The van der Waals surface area contributed by atoms with Gasteiger partial charge in [-0.2, -0.15) is 0 Å². The molecule has 1 rings (SSSR count). The van der Waals surface area contributed by atoms with Crippen molar-refractivity contribution in [1.82, 2.24) is 5.32 Å². The third kappa shape index (κ3) is 4.37. The number of ether oxygens (including phenoxy) is 1. The molecule has 0 radical (unpaired) electrons. The lowest BCUT2D eigenvalue weighted by Crippen LogP contribution is -2.35. The maximum atomic E-state index is 11.7. The van der Waals surface area contributed by atoms with Gasteiger partial charge in [-0.25, -0.2) is 0 Å². The molecule has 0 saturated heterocycles. The van der Waals surface area contributed by atoms with Crippen LogP contribution in [0.25, 0.3) is 0 Å². The Bertz CT molecular complexity index is 375. The number of benzene rings is 1. The van der Waals surface area contributed by atoms with Crippen molar-refractivity contribution in [3.8, 4) is 5.75 Å². The number of hydrogen-bond acceptors (Lipinski definition) is 3. The van der Waals surface area contributed by atoms with Gasteiger partial charge in [0.2, 0.25) is 5.91 Å². The molecule has 0 heterocycles. The van der Waals surface area contributed by atoms with E-state index in [-0.39, 0.29) is 24.5 Å². The Balaban J connectivity index is 2.53. The highest BCUT2D eigenvalue weighted by atomic mass is 16.5. The quantitative estimate of drug-likeness (QED) is 0.809. The van der Waals surface area contributed by atoms with E-state index in [1.165, 1.54) is 0 Å². The molecule has 4 heteroatoms. The van der Waals surface area contributed by atoms with E-state index in [1.54, 1.807) is 14.0 Å². The molecule has 0 bridgehead atoms. The second kappa shape index (κ2) is 7.01. The molecule has 0 aromatic heterocycles. The van der Waals surface area contributed by atoms with Crippen LogP contribution in [0.2, 0.25) is 0 Å². The van der Waals surface area contributed by atoms with Gasteiger partial charge in [-0.3, -0.25) is 4.79 Å². The first-order valence-electron chi connectivity index (χ1n) is 6.11. The van der Waals surface area contributed by atoms with Crippen LogP contribution in [-0.2, 0) is 4.79 Å². The molecule has 4 nitrogen and oxygen atoms in total. The third-order valence-electron chi connectivity index (χ3n) is 2.86. The number of rotatable bonds is 6. The Morgan fingerprint density at radius 1 is 1.33 bits per heavy atom. The summed E-state index contributed by atoms with van der Waals surface area (Å²) in [7, 11) is 1.63. The van der Waals surface area contributed by atoms with E-state index in [9.17, 15) is 4.79 Å². The van der Waals surface area contributed by atoms with E-state index >= 15 is 0 Å². The van der Waals surface area contributed by atoms with Gasteiger partial charge in [-0.15, -0.1) is 0 Å². The molecule has 1 amide bonds. The molecule has 0 fully saturated rings. The van der Waals surface area contributed by atoms with Crippen molar-refractivity contribution < 1.29 is 14.6 Å². The summed E-state index contributed by atoms with van der Waals surface area (Å²) < 4.78 is 5.09. The molecule has 2 N–H and O–H groups in total. The first-order chi connectivity index (χ1) is 8.56. The topological polar surface area (TPSA) is 58.6 Å². The van der Waals surface area contributed by atoms with Gasteiger partial charge in [-0.1, -0.05) is 19.1 Å². The average molecular weight is 251 g/mol. The van der Waals surface area contributed by atoms with E-state index in [0.717, 1.165) is 11.3 Å². The highest BCUT2D eigenvalue weighted by Crippen LogP contribution is 2.21. The van der Waals surface area contributed by atoms with Crippen LogP contribution >= 0.6 is 0 Å². The molecule has 2 unspecified atom stereocenters. The number of amides is 1. The summed E-state index contributed by atoms with van der Waals surface area (Å²) in [6.07, 6.45) is 0.413. The van der Waals surface area contributed by atoms with Gasteiger partial charge in [0.15, 0.2) is 0 Å². The first-order valence-corrected chi connectivity index (χ1v) is 6.11. The molecular weight excluding hydrogens is 230 g/mol. The van der Waals surface area contributed by atoms with Gasteiger partial charge in [0.25, 0.3) is 0 Å². The van der Waals surface area contributed by atoms with Crippen molar-refractivity contribution in [2.24, 2.45) is 0 Å². The zero-order chi connectivity index (χ0) is 13.5. The number of carbonyl (C=O) groups is 1. The van der Waals surface area contributed by atoms with Crippen LogP contribution in [0.3, 0.4) is 0 Å². The maximum absolute atomic E-state index is 11.7. The lowest BCUT2D eigenvalue weighted by Gasteiger charge is -2.15. The monoisotopic (exact) mass is 251 g/mol. The van der Waals surface area contributed by atoms with E-state index in [4.69, 9.17) is 9.84 Å². The predicted octanol–water partition coefficient (Wildman–Crippen LogP) is 1.69. The van der Waals surface area contributed by atoms with Gasteiger partial charge in [-0.05, 0) is 30.5 Å². The summed E-state index contributed by atoms with van der Waals surface area (Å²) in [5.74, 6) is 0.908. The number of aliphatic hydroxyl groups is 1. The van der Waals surface area contributed by atoms with Gasteiger partial charge >= 0.3 is 0 Å². The lowest BCUT2D eigenvalue weighted by molar-refractivity contribution is -0.122. The molecule has 1 aromatic carbocycles. The Morgan fingerprint density at radius 3 is 2.44 bits per heavy atom. The summed E-state index contributed by atoms with van der Waals surface area (Å²) in [6, 6.07) is 7.51. The molecule has 1 aromatic rings.